The lowest BCUT2D eigenvalue weighted by atomic mass is 9.74. The van der Waals surface area contributed by atoms with Gasteiger partial charge >= 0.3 is 11.9 Å². The van der Waals surface area contributed by atoms with Crippen molar-refractivity contribution in [3.63, 3.8) is 0 Å². The molecule has 0 amide bonds. The molecule has 10 atom stereocenters. The van der Waals surface area contributed by atoms with Gasteiger partial charge in [-0.25, -0.2) is 4.79 Å². The lowest BCUT2D eigenvalue weighted by molar-refractivity contribution is -0.220. The second kappa shape index (κ2) is 5.36. The summed E-state index contributed by atoms with van der Waals surface area (Å²) in [6.45, 7) is 9.27. The van der Waals surface area contributed by atoms with Crippen molar-refractivity contribution in [1.29, 1.82) is 0 Å². The molecule has 5 aliphatic rings. The second-order valence-electron chi connectivity index (χ2n) is 9.24. The van der Waals surface area contributed by atoms with Gasteiger partial charge < -0.3 is 29.2 Å². The van der Waals surface area contributed by atoms with Crippen LogP contribution in [0.15, 0.2) is 12.2 Å². The highest BCUT2D eigenvalue weighted by molar-refractivity contribution is 5.91. The Bertz CT molecular complexity index is 780. The highest BCUT2D eigenvalue weighted by atomic mass is 16.7. The van der Waals surface area contributed by atoms with E-state index < -0.39 is 65.0 Å². The van der Waals surface area contributed by atoms with Crippen LogP contribution in [0.1, 0.15) is 33.6 Å². The van der Waals surface area contributed by atoms with Gasteiger partial charge in [-0.05, 0) is 13.3 Å². The molecule has 0 spiro atoms. The van der Waals surface area contributed by atoms with Gasteiger partial charge in [-0.1, -0.05) is 20.4 Å². The van der Waals surface area contributed by atoms with Crippen LogP contribution in [0.2, 0.25) is 0 Å². The fraction of sp³-hybridized carbons (Fsp3) is 0.800. The van der Waals surface area contributed by atoms with Crippen LogP contribution in [-0.2, 0) is 28.5 Å². The van der Waals surface area contributed by atoms with Gasteiger partial charge in [-0.3, -0.25) is 4.79 Å². The molecule has 8 heteroatoms. The summed E-state index contributed by atoms with van der Waals surface area (Å²) in [5.41, 5.74) is -1.97. The molecular weight excluding hydrogens is 368 g/mol. The van der Waals surface area contributed by atoms with Crippen molar-refractivity contribution in [3.8, 4) is 0 Å². The molecule has 2 N–H and O–H groups in total. The van der Waals surface area contributed by atoms with Gasteiger partial charge in [0.2, 0.25) is 5.79 Å². The summed E-state index contributed by atoms with van der Waals surface area (Å²) in [7, 11) is 0. The van der Waals surface area contributed by atoms with Crippen molar-refractivity contribution >= 4 is 11.9 Å². The van der Waals surface area contributed by atoms with Gasteiger partial charge in [-0.2, -0.15) is 0 Å². The average Bonchev–Trinajstić information content (AvgIpc) is 3.12. The van der Waals surface area contributed by atoms with Crippen molar-refractivity contribution in [2.75, 3.05) is 6.61 Å². The Labute approximate surface area is 162 Å². The van der Waals surface area contributed by atoms with Crippen molar-refractivity contribution in [1.82, 2.24) is 0 Å². The quantitative estimate of drug-likeness (QED) is 0.399. The lowest BCUT2D eigenvalue weighted by Gasteiger charge is -2.36. The molecule has 3 saturated heterocycles. The molecule has 3 heterocycles. The predicted molar refractivity (Wildman–Crippen MR) is 92.6 cm³/mol. The monoisotopic (exact) mass is 394 g/mol. The van der Waals surface area contributed by atoms with Crippen LogP contribution in [-0.4, -0.2) is 64.1 Å². The van der Waals surface area contributed by atoms with Crippen LogP contribution in [0, 0.1) is 23.7 Å². The topological polar surface area (TPSA) is 115 Å². The SMILES string of the molecule is C=C1C(=O)O[C@H]2[C@H]1[C@H](OC(=O)[C@H](C)CC)C[C@]1(O)CO[C@@]3(O)[C@H]1[C@@H]2[C@]1(C)O[C@@H]13. The minimum Gasteiger partial charge on any atom is -0.461 e. The number of aliphatic hydroxyl groups is 2. The number of ether oxygens (including phenoxy) is 4. The molecule has 2 aliphatic carbocycles. The molecule has 0 aromatic heterocycles. The number of hydrogen-bond donors (Lipinski definition) is 2. The van der Waals surface area contributed by atoms with Crippen molar-refractivity contribution in [2.45, 2.75) is 68.9 Å². The molecule has 5 fully saturated rings. The Morgan fingerprint density at radius 1 is 1.43 bits per heavy atom. The molecule has 0 bridgehead atoms. The lowest BCUT2D eigenvalue weighted by Crippen LogP contribution is -2.50. The van der Waals surface area contributed by atoms with E-state index in [0.29, 0.717) is 6.42 Å². The Hall–Kier alpha value is -1.48. The van der Waals surface area contributed by atoms with Gasteiger partial charge in [0.25, 0.3) is 0 Å². The Balaban J connectivity index is 1.58. The Morgan fingerprint density at radius 3 is 2.82 bits per heavy atom. The summed E-state index contributed by atoms with van der Waals surface area (Å²) in [5, 5.41) is 22.6. The van der Waals surface area contributed by atoms with E-state index >= 15 is 0 Å². The third-order valence-electron chi connectivity index (χ3n) is 7.66. The largest absolute Gasteiger partial charge is 0.461 e. The van der Waals surface area contributed by atoms with E-state index in [0.717, 1.165) is 0 Å². The molecule has 8 nitrogen and oxygen atoms in total. The first kappa shape index (κ1) is 18.5. The maximum Gasteiger partial charge on any atom is 0.334 e. The van der Waals surface area contributed by atoms with Crippen LogP contribution in [0.3, 0.4) is 0 Å². The van der Waals surface area contributed by atoms with Gasteiger partial charge in [0, 0.05) is 17.9 Å². The summed E-state index contributed by atoms with van der Waals surface area (Å²) in [5.74, 6) is -4.69. The van der Waals surface area contributed by atoms with Crippen molar-refractivity contribution < 1.29 is 38.7 Å². The molecule has 2 saturated carbocycles. The summed E-state index contributed by atoms with van der Waals surface area (Å²) in [6, 6.07) is 0. The molecule has 154 valence electrons. The Morgan fingerprint density at radius 2 is 2.14 bits per heavy atom. The zero-order valence-electron chi connectivity index (χ0n) is 16.2. The zero-order chi connectivity index (χ0) is 20.2. The van der Waals surface area contributed by atoms with E-state index in [-0.39, 0.29) is 24.5 Å². The minimum atomic E-state index is -1.65. The fourth-order valence-electron chi connectivity index (χ4n) is 6.00. The summed E-state index contributed by atoms with van der Waals surface area (Å²) >= 11 is 0. The van der Waals surface area contributed by atoms with Crippen LogP contribution in [0.25, 0.3) is 0 Å². The molecular formula is C20H26O8. The highest BCUT2D eigenvalue weighted by Crippen LogP contribution is 2.70. The van der Waals surface area contributed by atoms with Crippen molar-refractivity contribution in [3.05, 3.63) is 12.2 Å². The van der Waals surface area contributed by atoms with Gasteiger partial charge in [-0.15, -0.1) is 0 Å². The smallest absolute Gasteiger partial charge is 0.334 e. The molecule has 0 radical (unpaired) electrons. The van der Waals surface area contributed by atoms with E-state index in [1.165, 1.54) is 0 Å². The van der Waals surface area contributed by atoms with Gasteiger partial charge in [0.05, 0.1) is 24.4 Å². The molecule has 28 heavy (non-hydrogen) atoms. The van der Waals surface area contributed by atoms with Gasteiger partial charge in [0.15, 0.2) is 0 Å². The third-order valence-corrected chi connectivity index (χ3v) is 7.66. The number of carbonyl (C=O) groups is 2. The zero-order valence-corrected chi connectivity index (χ0v) is 16.2. The molecule has 0 aromatic rings. The Kier molecular flexibility index (Phi) is 3.55. The summed E-state index contributed by atoms with van der Waals surface area (Å²) in [6.07, 6.45) is -1.44. The normalized spacial score (nSPS) is 54.3. The molecule has 0 unspecified atom stereocenters. The third kappa shape index (κ3) is 2.04. The number of esters is 2. The van der Waals surface area contributed by atoms with Crippen LogP contribution in [0.4, 0.5) is 0 Å². The standard InChI is InChI=1S/C20H26O8/c1-5-8(2)15(21)26-10-6-19(23)7-25-20(24)14(19)12(18(4)17(20)28-18)13-11(10)9(3)16(22)27-13/h8,10-14,17,23-24H,3,5-7H2,1-2,4H3/t8-,10-,11-,12-,13+,14+,17+,18+,19+,20+/m1/s1. The van der Waals surface area contributed by atoms with E-state index in [1.54, 1.807) is 6.92 Å². The fourth-order valence-corrected chi connectivity index (χ4v) is 6.00. The number of hydrogen-bond acceptors (Lipinski definition) is 8. The minimum absolute atomic E-state index is 0.0400. The van der Waals surface area contributed by atoms with E-state index in [4.69, 9.17) is 18.9 Å². The first-order valence-corrected chi connectivity index (χ1v) is 9.93. The van der Waals surface area contributed by atoms with E-state index in [2.05, 4.69) is 6.58 Å². The summed E-state index contributed by atoms with van der Waals surface area (Å²) in [4.78, 5) is 24.9. The first-order valence-electron chi connectivity index (χ1n) is 9.93. The van der Waals surface area contributed by atoms with E-state index in [1.807, 2.05) is 13.8 Å². The van der Waals surface area contributed by atoms with Crippen molar-refractivity contribution in [2.24, 2.45) is 23.7 Å². The maximum absolute atomic E-state index is 12.5. The highest BCUT2D eigenvalue weighted by Gasteiger charge is 2.87. The maximum atomic E-state index is 12.5. The number of carbonyl (C=O) groups excluding carboxylic acids is 2. The molecule has 0 aromatic carbocycles. The van der Waals surface area contributed by atoms with Crippen LogP contribution >= 0.6 is 0 Å². The number of epoxide rings is 1. The molecule has 5 rings (SSSR count). The van der Waals surface area contributed by atoms with E-state index in [9.17, 15) is 19.8 Å². The summed E-state index contributed by atoms with van der Waals surface area (Å²) < 4.78 is 22.9. The first-order chi connectivity index (χ1) is 13.1. The second-order valence-corrected chi connectivity index (χ2v) is 9.24. The van der Waals surface area contributed by atoms with Gasteiger partial charge in [0.1, 0.15) is 29.5 Å². The van der Waals surface area contributed by atoms with Crippen LogP contribution in [0.5, 0.6) is 0 Å². The van der Waals surface area contributed by atoms with Crippen LogP contribution < -0.4 is 0 Å². The predicted octanol–water partition coefficient (Wildman–Crippen LogP) is 0.299. The average molecular weight is 394 g/mol. The number of fused-ring (bicyclic) bond motifs is 5. The molecule has 3 aliphatic heterocycles. The number of rotatable bonds is 3.